The lowest BCUT2D eigenvalue weighted by Crippen LogP contribution is -2.53. The van der Waals surface area contributed by atoms with E-state index < -0.39 is 23.3 Å². The number of nitrogens with zero attached hydrogens (tertiary/aromatic N) is 1. The Labute approximate surface area is 125 Å². The summed E-state index contributed by atoms with van der Waals surface area (Å²) in [6, 6.07) is 1.95. The highest BCUT2D eigenvalue weighted by Crippen LogP contribution is 2.37. The van der Waals surface area contributed by atoms with Crippen LogP contribution in [0.3, 0.4) is 0 Å². The predicted octanol–water partition coefficient (Wildman–Crippen LogP) is 0.329. The van der Waals surface area contributed by atoms with Crippen molar-refractivity contribution in [2.75, 3.05) is 6.54 Å². The van der Waals surface area contributed by atoms with Crippen LogP contribution >= 0.6 is 0 Å². The molecular weight excluding hydrogens is 291 g/mol. The van der Waals surface area contributed by atoms with E-state index >= 15 is 0 Å². The number of amides is 4. The van der Waals surface area contributed by atoms with Gasteiger partial charge in [-0.3, -0.25) is 14.9 Å². The van der Waals surface area contributed by atoms with Crippen LogP contribution in [0, 0.1) is 11.7 Å². The molecule has 116 valence electrons. The highest BCUT2D eigenvalue weighted by molar-refractivity contribution is 6.07. The number of imide groups is 1. The van der Waals surface area contributed by atoms with Crippen molar-refractivity contribution in [2.24, 2.45) is 5.92 Å². The Balaban J connectivity index is 1.66. The first-order valence-electron chi connectivity index (χ1n) is 7.04. The Bertz CT molecular complexity index is 633. The number of aromatic nitrogens is 1. The number of pyridine rings is 1. The third-order valence-electron chi connectivity index (χ3n) is 4.26. The third-order valence-corrected chi connectivity index (χ3v) is 4.26. The topological polar surface area (TPSA) is 100 Å². The summed E-state index contributed by atoms with van der Waals surface area (Å²) in [6.45, 7) is 0.242. The van der Waals surface area contributed by atoms with Crippen molar-refractivity contribution < 1.29 is 18.8 Å². The van der Waals surface area contributed by atoms with E-state index in [1.165, 1.54) is 6.07 Å². The van der Waals surface area contributed by atoms with Gasteiger partial charge >= 0.3 is 6.03 Å². The first kappa shape index (κ1) is 14.4. The molecular formula is C14H15FN4O3. The molecule has 7 nitrogen and oxygen atoms in total. The van der Waals surface area contributed by atoms with E-state index in [1.54, 1.807) is 0 Å². The maximum absolute atomic E-state index is 12.8. The van der Waals surface area contributed by atoms with Crippen LogP contribution in [0.25, 0.3) is 0 Å². The van der Waals surface area contributed by atoms with Crippen LogP contribution in [0.1, 0.15) is 29.8 Å². The van der Waals surface area contributed by atoms with Crippen LogP contribution in [0.2, 0.25) is 0 Å². The maximum atomic E-state index is 12.8. The number of hydrogen-bond acceptors (Lipinski definition) is 4. The predicted molar refractivity (Wildman–Crippen MR) is 73.3 cm³/mol. The zero-order valence-corrected chi connectivity index (χ0v) is 11.7. The molecule has 2 unspecified atom stereocenters. The number of carbonyl (C=O) groups excluding carboxylic acids is 3. The fraction of sp³-hybridized carbons (Fsp3) is 0.429. The minimum atomic E-state index is -0.930. The SMILES string of the molecule is O=C1NC(=O)C2(CCCC2CNC(=O)c2ccc(F)cn2)N1. The van der Waals surface area contributed by atoms with Gasteiger partial charge in [-0.25, -0.2) is 14.2 Å². The summed E-state index contributed by atoms with van der Waals surface area (Å²) >= 11 is 0. The maximum Gasteiger partial charge on any atom is 0.322 e. The first-order chi connectivity index (χ1) is 10.5. The highest BCUT2D eigenvalue weighted by atomic mass is 19.1. The lowest BCUT2D eigenvalue weighted by molar-refractivity contribution is -0.125. The van der Waals surface area contributed by atoms with Gasteiger partial charge in [-0.2, -0.15) is 0 Å². The Morgan fingerprint density at radius 1 is 1.45 bits per heavy atom. The van der Waals surface area contributed by atoms with E-state index in [2.05, 4.69) is 20.9 Å². The van der Waals surface area contributed by atoms with E-state index in [0.717, 1.165) is 25.1 Å². The van der Waals surface area contributed by atoms with Crippen molar-refractivity contribution in [1.82, 2.24) is 20.9 Å². The molecule has 3 rings (SSSR count). The Kier molecular flexibility index (Phi) is 3.51. The Hall–Kier alpha value is -2.51. The van der Waals surface area contributed by atoms with Crippen LogP contribution in [0.15, 0.2) is 18.3 Å². The van der Waals surface area contributed by atoms with Crippen molar-refractivity contribution in [2.45, 2.75) is 24.8 Å². The fourth-order valence-corrected chi connectivity index (χ4v) is 3.14. The molecule has 1 aliphatic heterocycles. The van der Waals surface area contributed by atoms with Crippen molar-refractivity contribution >= 4 is 17.8 Å². The molecule has 2 atom stereocenters. The van der Waals surface area contributed by atoms with Gasteiger partial charge in [0.25, 0.3) is 11.8 Å². The van der Waals surface area contributed by atoms with Gasteiger partial charge in [-0.05, 0) is 25.0 Å². The number of hydrogen-bond donors (Lipinski definition) is 3. The van der Waals surface area contributed by atoms with Crippen LogP contribution in [-0.2, 0) is 4.79 Å². The number of carbonyl (C=O) groups is 3. The van der Waals surface area contributed by atoms with Gasteiger partial charge < -0.3 is 10.6 Å². The number of urea groups is 1. The summed E-state index contributed by atoms with van der Waals surface area (Å²) in [5.74, 6) is -1.47. The second kappa shape index (κ2) is 5.36. The zero-order valence-electron chi connectivity index (χ0n) is 11.7. The summed E-state index contributed by atoms with van der Waals surface area (Å²) in [6.07, 6.45) is 3.05. The van der Waals surface area contributed by atoms with E-state index in [4.69, 9.17) is 0 Å². The molecule has 1 saturated heterocycles. The molecule has 1 aliphatic carbocycles. The van der Waals surface area contributed by atoms with E-state index in [1.807, 2.05) is 0 Å². The summed E-state index contributed by atoms with van der Waals surface area (Å²) in [7, 11) is 0. The second-order valence-corrected chi connectivity index (χ2v) is 5.54. The molecule has 0 bridgehead atoms. The second-order valence-electron chi connectivity index (χ2n) is 5.54. The highest BCUT2D eigenvalue weighted by Gasteiger charge is 2.54. The molecule has 0 aromatic carbocycles. The van der Waals surface area contributed by atoms with Gasteiger partial charge in [0.15, 0.2) is 0 Å². The molecule has 4 amide bonds. The number of halogens is 1. The molecule has 8 heteroatoms. The molecule has 3 N–H and O–H groups in total. The smallest absolute Gasteiger partial charge is 0.322 e. The van der Waals surface area contributed by atoms with Crippen LogP contribution in [0.4, 0.5) is 9.18 Å². The molecule has 22 heavy (non-hydrogen) atoms. The third kappa shape index (κ3) is 2.40. The lowest BCUT2D eigenvalue weighted by Gasteiger charge is -2.28. The van der Waals surface area contributed by atoms with Crippen molar-refractivity contribution in [3.05, 3.63) is 29.8 Å². The van der Waals surface area contributed by atoms with Crippen molar-refractivity contribution in [3.8, 4) is 0 Å². The van der Waals surface area contributed by atoms with Gasteiger partial charge in [-0.1, -0.05) is 6.42 Å². The Morgan fingerprint density at radius 3 is 2.91 bits per heavy atom. The average Bonchev–Trinajstić information content (AvgIpc) is 3.01. The minimum Gasteiger partial charge on any atom is -0.350 e. The molecule has 2 aliphatic rings. The normalized spacial score (nSPS) is 26.9. The lowest BCUT2D eigenvalue weighted by atomic mass is 9.87. The van der Waals surface area contributed by atoms with Gasteiger partial charge in [-0.15, -0.1) is 0 Å². The molecule has 1 saturated carbocycles. The summed E-state index contributed by atoms with van der Waals surface area (Å²) in [5.41, 5.74) is -0.825. The van der Waals surface area contributed by atoms with Gasteiger partial charge in [0, 0.05) is 12.5 Å². The summed E-state index contributed by atoms with van der Waals surface area (Å²) in [4.78, 5) is 39.1. The quantitative estimate of drug-likeness (QED) is 0.701. The molecule has 2 fully saturated rings. The first-order valence-corrected chi connectivity index (χ1v) is 7.04. The Morgan fingerprint density at radius 2 is 2.27 bits per heavy atom. The average molecular weight is 306 g/mol. The van der Waals surface area contributed by atoms with Crippen molar-refractivity contribution in [1.29, 1.82) is 0 Å². The summed E-state index contributed by atoms with van der Waals surface area (Å²) in [5, 5.41) is 7.63. The molecule has 2 heterocycles. The van der Waals surface area contributed by atoms with E-state index in [-0.39, 0.29) is 24.1 Å². The fourth-order valence-electron chi connectivity index (χ4n) is 3.14. The zero-order chi connectivity index (χ0) is 15.7. The van der Waals surface area contributed by atoms with Gasteiger partial charge in [0.05, 0.1) is 6.20 Å². The number of nitrogens with one attached hydrogen (secondary N) is 3. The number of rotatable bonds is 3. The standard InChI is InChI=1S/C14H15FN4O3/c15-9-3-4-10(16-7-9)11(20)17-6-8-2-1-5-14(8)12(21)18-13(22)19-14/h3-4,7-8H,1-2,5-6H2,(H,17,20)(H2,18,19,21,22). The van der Waals surface area contributed by atoms with Crippen LogP contribution < -0.4 is 16.0 Å². The van der Waals surface area contributed by atoms with E-state index in [9.17, 15) is 18.8 Å². The van der Waals surface area contributed by atoms with Gasteiger partial charge in [0.2, 0.25) is 0 Å². The van der Waals surface area contributed by atoms with E-state index in [0.29, 0.717) is 6.42 Å². The molecule has 1 spiro atoms. The molecule has 1 aromatic rings. The molecule has 1 aromatic heterocycles. The minimum absolute atomic E-state index is 0.105. The molecule has 0 radical (unpaired) electrons. The van der Waals surface area contributed by atoms with Crippen LogP contribution in [-0.4, -0.2) is 34.9 Å². The van der Waals surface area contributed by atoms with Gasteiger partial charge in [0.1, 0.15) is 17.1 Å². The summed E-state index contributed by atoms with van der Waals surface area (Å²) < 4.78 is 12.8. The van der Waals surface area contributed by atoms with Crippen LogP contribution in [0.5, 0.6) is 0 Å². The monoisotopic (exact) mass is 306 g/mol. The largest absolute Gasteiger partial charge is 0.350 e. The van der Waals surface area contributed by atoms with Crippen molar-refractivity contribution in [3.63, 3.8) is 0 Å².